The summed E-state index contributed by atoms with van der Waals surface area (Å²) in [7, 11) is 0. The first-order valence-corrected chi connectivity index (χ1v) is 8.71. The number of aryl methyl sites for hydroxylation is 1. The Bertz CT molecular complexity index is 622. The maximum absolute atomic E-state index is 12.9. The topological polar surface area (TPSA) is 58.4 Å². The molecular formula is C17H24N4O2. The molecule has 6 nitrogen and oxygen atoms in total. The summed E-state index contributed by atoms with van der Waals surface area (Å²) in [6.07, 6.45) is 8.56. The Morgan fingerprint density at radius 1 is 1.35 bits per heavy atom. The number of nitrogens with zero attached hydrogens (tertiary/aromatic N) is 4. The van der Waals surface area contributed by atoms with E-state index in [2.05, 4.69) is 5.10 Å². The van der Waals surface area contributed by atoms with Crippen LogP contribution in [0.3, 0.4) is 0 Å². The van der Waals surface area contributed by atoms with Crippen molar-refractivity contribution in [1.29, 1.82) is 0 Å². The van der Waals surface area contributed by atoms with Gasteiger partial charge in [-0.3, -0.25) is 14.3 Å². The number of rotatable bonds is 4. The maximum Gasteiger partial charge on any atom is 0.228 e. The van der Waals surface area contributed by atoms with E-state index in [9.17, 15) is 9.59 Å². The number of amides is 2. The molecule has 2 atom stereocenters. The minimum atomic E-state index is -0.136. The molecule has 0 radical (unpaired) electrons. The summed E-state index contributed by atoms with van der Waals surface area (Å²) in [4.78, 5) is 28.9. The summed E-state index contributed by atoms with van der Waals surface area (Å²) < 4.78 is 1.93. The molecule has 2 saturated heterocycles. The van der Waals surface area contributed by atoms with E-state index in [0.29, 0.717) is 19.0 Å². The van der Waals surface area contributed by atoms with Gasteiger partial charge in [0.25, 0.3) is 0 Å². The van der Waals surface area contributed by atoms with Gasteiger partial charge in [0.2, 0.25) is 11.8 Å². The quantitative estimate of drug-likeness (QED) is 0.838. The van der Waals surface area contributed by atoms with Crippen molar-refractivity contribution >= 4 is 11.8 Å². The lowest BCUT2D eigenvalue weighted by molar-refractivity contribution is -0.136. The second-order valence-electron chi connectivity index (χ2n) is 7.25. The lowest BCUT2D eigenvalue weighted by Gasteiger charge is -2.27. The molecule has 1 saturated carbocycles. The van der Waals surface area contributed by atoms with Crippen LogP contribution in [0.1, 0.15) is 37.7 Å². The van der Waals surface area contributed by atoms with E-state index in [1.165, 1.54) is 0 Å². The fraction of sp³-hybridized carbons (Fsp3) is 0.706. The fourth-order valence-electron chi connectivity index (χ4n) is 3.97. The minimum absolute atomic E-state index is 0.136. The van der Waals surface area contributed by atoms with Crippen molar-refractivity contribution in [2.75, 3.05) is 13.1 Å². The lowest BCUT2D eigenvalue weighted by Crippen LogP contribution is -2.42. The van der Waals surface area contributed by atoms with Gasteiger partial charge in [0.05, 0.1) is 24.7 Å². The molecule has 3 fully saturated rings. The van der Waals surface area contributed by atoms with E-state index in [4.69, 9.17) is 0 Å². The summed E-state index contributed by atoms with van der Waals surface area (Å²) in [5.41, 5.74) is 1.14. The predicted octanol–water partition coefficient (Wildman–Crippen LogP) is 1.19. The zero-order valence-electron chi connectivity index (χ0n) is 13.6. The molecule has 1 aromatic heterocycles. The molecule has 0 aromatic carbocycles. The number of hydrogen-bond acceptors (Lipinski definition) is 3. The fourth-order valence-corrected chi connectivity index (χ4v) is 3.97. The molecule has 1 aromatic rings. The number of hydrogen-bond donors (Lipinski definition) is 0. The van der Waals surface area contributed by atoms with Gasteiger partial charge in [0, 0.05) is 31.7 Å². The number of carbonyl (C=O) groups excluding carboxylic acids is 2. The Labute approximate surface area is 136 Å². The van der Waals surface area contributed by atoms with Crippen LogP contribution in [0.25, 0.3) is 0 Å². The van der Waals surface area contributed by atoms with Gasteiger partial charge in [0.15, 0.2) is 0 Å². The highest BCUT2D eigenvalue weighted by Gasteiger charge is 2.44. The number of carbonyl (C=O) groups is 2. The normalized spacial score (nSPS) is 28.0. The van der Waals surface area contributed by atoms with Gasteiger partial charge < -0.3 is 9.80 Å². The first kappa shape index (κ1) is 14.7. The molecule has 6 heteroatoms. The highest BCUT2D eigenvalue weighted by molar-refractivity contribution is 5.89. The van der Waals surface area contributed by atoms with E-state index < -0.39 is 0 Å². The van der Waals surface area contributed by atoms with Gasteiger partial charge in [-0.25, -0.2) is 0 Å². The Balaban J connectivity index is 1.41. The molecule has 0 bridgehead atoms. The molecular weight excluding hydrogens is 292 g/mol. The molecule has 0 N–H and O–H groups in total. The second-order valence-corrected chi connectivity index (χ2v) is 7.25. The Morgan fingerprint density at radius 2 is 2.17 bits per heavy atom. The van der Waals surface area contributed by atoms with Crippen LogP contribution in [0.2, 0.25) is 0 Å². The molecule has 1 aliphatic carbocycles. The highest BCUT2D eigenvalue weighted by atomic mass is 16.2. The average molecular weight is 316 g/mol. The van der Waals surface area contributed by atoms with Crippen LogP contribution in [0.15, 0.2) is 12.4 Å². The van der Waals surface area contributed by atoms with E-state index in [0.717, 1.165) is 44.3 Å². The van der Waals surface area contributed by atoms with Crippen LogP contribution in [0.4, 0.5) is 0 Å². The number of aromatic nitrogens is 2. The summed E-state index contributed by atoms with van der Waals surface area (Å²) in [6.45, 7) is 4.23. The van der Waals surface area contributed by atoms with Gasteiger partial charge in [-0.1, -0.05) is 0 Å². The van der Waals surface area contributed by atoms with Crippen molar-refractivity contribution in [1.82, 2.24) is 19.6 Å². The molecule has 2 amide bonds. The average Bonchev–Trinajstić information content (AvgIpc) is 2.92. The predicted molar refractivity (Wildman–Crippen MR) is 84.5 cm³/mol. The van der Waals surface area contributed by atoms with Gasteiger partial charge in [-0.2, -0.15) is 5.10 Å². The molecule has 2 aliphatic heterocycles. The SMILES string of the molecule is Cc1cnn(C[C@@H]2CCCN2C(=O)[C@@H]2CC(=O)N(C3CC3)C2)c1. The van der Waals surface area contributed by atoms with Gasteiger partial charge >= 0.3 is 0 Å². The molecule has 4 rings (SSSR count). The third-order valence-corrected chi connectivity index (χ3v) is 5.32. The van der Waals surface area contributed by atoms with Gasteiger partial charge in [-0.15, -0.1) is 0 Å². The zero-order chi connectivity index (χ0) is 16.0. The van der Waals surface area contributed by atoms with Gasteiger partial charge in [0.1, 0.15) is 0 Å². The van der Waals surface area contributed by atoms with Crippen LogP contribution in [-0.4, -0.2) is 56.6 Å². The largest absolute Gasteiger partial charge is 0.339 e. The van der Waals surface area contributed by atoms with Crippen molar-refractivity contribution in [3.8, 4) is 0 Å². The maximum atomic E-state index is 12.9. The third kappa shape index (κ3) is 2.86. The standard InChI is InChI=1S/C17H24N4O2/c1-12-8-18-19(9-12)11-15-3-2-6-20(15)17(23)13-7-16(22)21(10-13)14-4-5-14/h8-9,13-15H,2-7,10-11H2,1H3/t13-,15+/m1/s1. The van der Waals surface area contributed by atoms with E-state index in [1.54, 1.807) is 0 Å². The second kappa shape index (κ2) is 5.65. The molecule has 3 aliphatic rings. The van der Waals surface area contributed by atoms with E-state index in [-0.39, 0.29) is 23.8 Å². The van der Waals surface area contributed by atoms with Crippen molar-refractivity contribution in [2.24, 2.45) is 5.92 Å². The summed E-state index contributed by atoms with van der Waals surface area (Å²) in [5, 5.41) is 4.34. The summed E-state index contributed by atoms with van der Waals surface area (Å²) >= 11 is 0. The first-order valence-electron chi connectivity index (χ1n) is 8.71. The van der Waals surface area contributed by atoms with Crippen LogP contribution < -0.4 is 0 Å². The number of likely N-dealkylation sites (tertiary alicyclic amines) is 2. The Morgan fingerprint density at radius 3 is 2.87 bits per heavy atom. The molecule has 23 heavy (non-hydrogen) atoms. The minimum Gasteiger partial charge on any atom is -0.339 e. The van der Waals surface area contributed by atoms with Gasteiger partial charge in [-0.05, 0) is 38.2 Å². The third-order valence-electron chi connectivity index (χ3n) is 5.32. The molecule has 124 valence electrons. The summed E-state index contributed by atoms with van der Waals surface area (Å²) in [5.74, 6) is 0.209. The van der Waals surface area contributed by atoms with Crippen molar-refractivity contribution < 1.29 is 9.59 Å². The Hall–Kier alpha value is -1.85. The molecule has 0 unspecified atom stereocenters. The monoisotopic (exact) mass is 316 g/mol. The lowest BCUT2D eigenvalue weighted by atomic mass is 10.1. The van der Waals surface area contributed by atoms with Crippen LogP contribution in [-0.2, 0) is 16.1 Å². The van der Waals surface area contributed by atoms with Crippen LogP contribution >= 0.6 is 0 Å². The zero-order valence-corrected chi connectivity index (χ0v) is 13.6. The first-order chi connectivity index (χ1) is 11.1. The van der Waals surface area contributed by atoms with Crippen molar-refractivity contribution in [3.63, 3.8) is 0 Å². The van der Waals surface area contributed by atoms with Crippen LogP contribution in [0, 0.1) is 12.8 Å². The van der Waals surface area contributed by atoms with Crippen molar-refractivity contribution in [2.45, 2.75) is 57.7 Å². The van der Waals surface area contributed by atoms with E-state index in [1.807, 2.05) is 33.8 Å². The summed E-state index contributed by atoms with van der Waals surface area (Å²) in [6, 6.07) is 0.633. The Kier molecular flexibility index (Phi) is 3.62. The van der Waals surface area contributed by atoms with Crippen molar-refractivity contribution in [3.05, 3.63) is 18.0 Å². The highest BCUT2D eigenvalue weighted by Crippen LogP contribution is 2.34. The smallest absolute Gasteiger partial charge is 0.228 e. The van der Waals surface area contributed by atoms with E-state index >= 15 is 0 Å². The molecule has 0 spiro atoms. The molecule has 3 heterocycles. The van der Waals surface area contributed by atoms with Crippen LogP contribution in [0.5, 0.6) is 0 Å².